The molecule has 100 valence electrons. The summed E-state index contributed by atoms with van der Waals surface area (Å²) in [5, 5.41) is 3.46. The van der Waals surface area contributed by atoms with E-state index in [-0.39, 0.29) is 0 Å². The van der Waals surface area contributed by atoms with Gasteiger partial charge in [-0.3, -0.25) is 4.90 Å². The number of likely N-dealkylation sites (tertiary alicyclic amines) is 1. The predicted molar refractivity (Wildman–Crippen MR) is 70.3 cm³/mol. The van der Waals surface area contributed by atoms with Crippen LogP contribution < -0.4 is 5.32 Å². The van der Waals surface area contributed by atoms with Gasteiger partial charge in [-0.05, 0) is 38.9 Å². The van der Waals surface area contributed by atoms with Gasteiger partial charge in [-0.15, -0.1) is 0 Å². The van der Waals surface area contributed by atoms with Crippen LogP contribution in [0.3, 0.4) is 0 Å². The van der Waals surface area contributed by atoms with Crippen LogP contribution in [0.15, 0.2) is 0 Å². The van der Waals surface area contributed by atoms with Gasteiger partial charge in [0.05, 0.1) is 6.61 Å². The smallest absolute Gasteiger partial charge is 0.0630 e. The Bertz CT molecular complexity index is 215. The summed E-state index contributed by atoms with van der Waals surface area (Å²) in [5.74, 6) is 0.892. The second-order valence-electron chi connectivity index (χ2n) is 5.55. The lowest BCUT2D eigenvalue weighted by Gasteiger charge is -2.39. The molecule has 0 bridgehead atoms. The van der Waals surface area contributed by atoms with Crippen LogP contribution in [-0.2, 0) is 4.74 Å². The Kier molecular flexibility index (Phi) is 5.22. The molecule has 1 unspecified atom stereocenters. The van der Waals surface area contributed by atoms with E-state index in [1.807, 2.05) is 7.11 Å². The van der Waals surface area contributed by atoms with Crippen molar-refractivity contribution in [2.24, 2.45) is 5.92 Å². The number of piperidine rings is 1. The number of hydrogen-bond donors (Lipinski definition) is 1. The second-order valence-corrected chi connectivity index (χ2v) is 5.55. The number of piperazine rings is 1. The van der Waals surface area contributed by atoms with Crippen molar-refractivity contribution in [2.45, 2.75) is 18.9 Å². The molecular formula is C13H27N3O. The van der Waals surface area contributed by atoms with Crippen molar-refractivity contribution in [3.05, 3.63) is 0 Å². The molecule has 0 aromatic heterocycles. The van der Waals surface area contributed by atoms with Crippen molar-refractivity contribution >= 4 is 0 Å². The largest absolute Gasteiger partial charge is 0.383 e. The summed E-state index contributed by atoms with van der Waals surface area (Å²) in [7, 11) is 4.04. The molecule has 0 radical (unpaired) electrons. The maximum Gasteiger partial charge on any atom is 0.0630 e. The van der Waals surface area contributed by atoms with Gasteiger partial charge in [0.25, 0.3) is 0 Å². The van der Waals surface area contributed by atoms with Crippen LogP contribution in [0, 0.1) is 5.92 Å². The van der Waals surface area contributed by atoms with Crippen LogP contribution in [0.25, 0.3) is 0 Å². The van der Waals surface area contributed by atoms with Gasteiger partial charge in [0.15, 0.2) is 0 Å². The Morgan fingerprint density at radius 2 is 2.00 bits per heavy atom. The maximum absolute atomic E-state index is 5.33. The van der Waals surface area contributed by atoms with E-state index in [9.17, 15) is 0 Å². The lowest BCUT2D eigenvalue weighted by Crippen LogP contribution is -2.54. The molecule has 2 saturated heterocycles. The van der Waals surface area contributed by atoms with Gasteiger partial charge in [-0.2, -0.15) is 0 Å². The van der Waals surface area contributed by atoms with E-state index < -0.39 is 0 Å². The molecule has 0 saturated carbocycles. The number of methoxy groups -OCH3 is 1. The van der Waals surface area contributed by atoms with E-state index in [1.165, 1.54) is 39.0 Å². The minimum Gasteiger partial charge on any atom is -0.383 e. The highest BCUT2D eigenvalue weighted by Crippen LogP contribution is 2.19. The summed E-state index contributed by atoms with van der Waals surface area (Å²) >= 11 is 0. The van der Waals surface area contributed by atoms with Gasteiger partial charge in [-0.25, -0.2) is 0 Å². The molecule has 4 nitrogen and oxygen atoms in total. The van der Waals surface area contributed by atoms with Crippen LogP contribution in [0.1, 0.15) is 12.8 Å². The van der Waals surface area contributed by atoms with E-state index in [0.717, 1.165) is 25.6 Å². The second kappa shape index (κ2) is 6.69. The molecule has 0 aliphatic carbocycles. The van der Waals surface area contributed by atoms with E-state index in [4.69, 9.17) is 4.74 Å². The van der Waals surface area contributed by atoms with E-state index in [2.05, 4.69) is 22.2 Å². The van der Waals surface area contributed by atoms with Gasteiger partial charge in [-0.1, -0.05) is 0 Å². The molecule has 2 rings (SSSR count). The van der Waals surface area contributed by atoms with Gasteiger partial charge >= 0.3 is 0 Å². The zero-order chi connectivity index (χ0) is 12.1. The van der Waals surface area contributed by atoms with Crippen molar-refractivity contribution in [3.63, 3.8) is 0 Å². The zero-order valence-corrected chi connectivity index (χ0v) is 11.3. The first-order chi connectivity index (χ1) is 8.29. The first-order valence-corrected chi connectivity index (χ1v) is 6.92. The summed E-state index contributed by atoms with van der Waals surface area (Å²) < 4.78 is 5.33. The first kappa shape index (κ1) is 13.3. The van der Waals surface area contributed by atoms with Crippen molar-refractivity contribution in [1.82, 2.24) is 15.1 Å². The van der Waals surface area contributed by atoms with E-state index in [0.29, 0.717) is 6.04 Å². The third-order valence-electron chi connectivity index (χ3n) is 4.16. The number of nitrogens with zero attached hydrogens (tertiary/aromatic N) is 2. The van der Waals surface area contributed by atoms with Crippen LogP contribution in [-0.4, -0.2) is 75.9 Å². The fourth-order valence-corrected chi connectivity index (χ4v) is 2.98. The number of rotatable bonds is 4. The lowest BCUT2D eigenvalue weighted by atomic mass is 9.95. The first-order valence-electron chi connectivity index (χ1n) is 6.92. The molecule has 2 aliphatic rings. The SMILES string of the molecule is COCC1CNCCN1CC1CCN(C)CC1. The predicted octanol–water partition coefficient (Wildman–Crippen LogP) is 0.248. The molecule has 17 heavy (non-hydrogen) atoms. The van der Waals surface area contributed by atoms with E-state index >= 15 is 0 Å². The van der Waals surface area contributed by atoms with Crippen molar-refractivity contribution < 1.29 is 4.74 Å². The Hall–Kier alpha value is -0.160. The van der Waals surface area contributed by atoms with Gasteiger partial charge in [0.1, 0.15) is 0 Å². The van der Waals surface area contributed by atoms with Crippen molar-refractivity contribution in [1.29, 1.82) is 0 Å². The molecule has 0 aromatic rings. The molecule has 2 fully saturated rings. The van der Waals surface area contributed by atoms with E-state index in [1.54, 1.807) is 0 Å². The average molecular weight is 241 g/mol. The molecule has 1 N–H and O–H groups in total. The summed E-state index contributed by atoms with van der Waals surface area (Å²) in [6.45, 7) is 8.06. The highest BCUT2D eigenvalue weighted by molar-refractivity contribution is 4.82. The molecule has 2 aliphatic heterocycles. The molecular weight excluding hydrogens is 214 g/mol. The number of ether oxygens (including phenoxy) is 1. The van der Waals surface area contributed by atoms with Crippen molar-refractivity contribution in [2.75, 3.05) is 60.0 Å². The zero-order valence-electron chi connectivity index (χ0n) is 11.3. The molecule has 0 spiro atoms. The van der Waals surface area contributed by atoms with Gasteiger partial charge in [0.2, 0.25) is 0 Å². The van der Waals surface area contributed by atoms with Gasteiger partial charge < -0.3 is 15.0 Å². The monoisotopic (exact) mass is 241 g/mol. The highest BCUT2D eigenvalue weighted by Gasteiger charge is 2.26. The molecule has 4 heteroatoms. The van der Waals surface area contributed by atoms with Crippen molar-refractivity contribution in [3.8, 4) is 0 Å². The third-order valence-corrected chi connectivity index (χ3v) is 4.16. The van der Waals surface area contributed by atoms with Crippen LogP contribution in [0.2, 0.25) is 0 Å². The standard InChI is InChI=1S/C13H27N3O/c1-15-6-3-12(4-7-15)10-16-8-5-14-9-13(16)11-17-2/h12-14H,3-11H2,1-2H3. The fourth-order valence-electron chi connectivity index (χ4n) is 2.98. The third kappa shape index (κ3) is 3.91. The quantitative estimate of drug-likeness (QED) is 0.763. The van der Waals surface area contributed by atoms with Crippen LogP contribution >= 0.6 is 0 Å². The Morgan fingerprint density at radius 3 is 2.71 bits per heavy atom. The molecule has 0 amide bonds. The maximum atomic E-state index is 5.33. The summed E-state index contributed by atoms with van der Waals surface area (Å²) in [6.07, 6.45) is 2.72. The molecule has 2 heterocycles. The normalized spacial score (nSPS) is 29.6. The summed E-state index contributed by atoms with van der Waals surface area (Å²) in [4.78, 5) is 5.08. The Labute approximate surface area is 105 Å². The summed E-state index contributed by atoms with van der Waals surface area (Å²) in [5.41, 5.74) is 0. The average Bonchev–Trinajstić information content (AvgIpc) is 2.35. The fraction of sp³-hybridized carbons (Fsp3) is 1.00. The molecule has 0 aromatic carbocycles. The number of hydrogen-bond acceptors (Lipinski definition) is 4. The van der Waals surface area contributed by atoms with Crippen LogP contribution in [0.4, 0.5) is 0 Å². The summed E-state index contributed by atoms with van der Waals surface area (Å²) in [6, 6.07) is 0.577. The number of nitrogens with one attached hydrogen (secondary N) is 1. The van der Waals surface area contributed by atoms with Gasteiger partial charge in [0, 0.05) is 39.3 Å². The Balaban J connectivity index is 1.79. The minimum absolute atomic E-state index is 0.577. The lowest BCUT2D eigenvalue weighted by molar-refractivity contribution is 0.0536. The minimum atomic E-state index is 0.577. The topological polar surface area (TPSA) is 27.7 Å². The highest BCUT2D eigenvalue weighted by atomic mass is 16.5. The van der Waals surface area contributed by atoms with Crippen LogP contribution in [0.5, 0.6) is 0 Å². The Morgan fingerprint density at radius 1 is 1.24 bits per heavy atom. The molecule has 1 atom stereocenters.